The number of fused-ring (bicyclic) bond motifs is 20. The predicted octanol–water partition coefficient (Wildman–Crippen LogP) is 0.545. The van der Waals surface area contributed by atoms with Gasteiger partial charge < -0.3 is 10.2 Å². The van der Waals surface area contributed by atoms with Crippen molar-refractivity contribution in [1.82, 2.24) is 42.5 Å². The van der Waals surface area contributed by atoms with E-state index in [1.54, 1.807) is 0 Å². The molecule has 11 heteroatoms. The molecule has 0 amide bonds. The Bertz CT molecular complexity index is 995. The summed E-state index contributed by atoms with van der Waals surface area (Å²) in [4.78, 5) is 0. The van der Waals surface area contributed by atoms with E-state index in [0.717, 1.165) is 6.42 Å². The number of hydrogen-bond acceptors (Lipinski definition) is 10. The Balaban J connectivity index is 0.00000278. The van der Waals surface area contributed by atoms with E-state index in [-0.39, 0.29) is 50.1 Å². The van der Waals surface area contributed by atoms with E-state index < -0.39 is 12.2 Å². The molecule has 5 aliphatic heterocycles. The first-order valence-electron chi connectivity index (χ1n) is 18.1. The Morgan fingerprint density at radius 3 is 0.930 bits per heavy atom. The Labute approximate surface area is 270 Å². The molecule has 4 aliphatic carbocycles. The molecule has 9 rings (SSSR count). The van der Waals surface area contributed by atoms with Gasteiger partial charge >= 0.3 is 0 Å². The van der Waals surface area contributed by atoms with Gasteiger partial charge in [-0.1, -0.05) is 38.5 Å². The van der Waals surface area contributed by atoms with Crippen molar-refractivity contribution in [3.63, 3.8) is 0 Å². The van der Waals surface area contributed by atoms with E-state index in [9.17, 15) is 10.2 Å². The van der Waals surface area contributed by atoms with Gasteiger partial charge in [0.2, 0.25) is 0 Å². The quantitative estimate of drug-likeness (QED) is 0.165. The van der Waals surface area contributed by atoms with Crippen LogP contribution in [0.4, 0.5) is 0 Å². The van der Waals surface area contributed by atoms with E-state index in [1.807, 2.05) is 0 Å². The van der Waals surface area contributed by atoms with E-state index in [2.05, 4.69) is 42.5 Å². The number of aliphatic hydroxyl groups is 2. The molecule has 0 aromatic carbocycles. The van der Waals surface area contributed by atoms with E-state index in [0.29, 0.717) is 72.5 Å². The van der Waals surface area contributed by atoms with Gasteiger partial charge in [0, 0.05) is 25.4 Å². The molecular formula is C32H56N8O2Ru. The first-order chi connectivity index (χ1) is 20.6. The van der Waals surface area contributed by atoms with Gasteiger partial charge in [-0.25, -0.2) is 0 Å². The zero-order valence-electron chi connectivity index (χ0n) is 25.5. The maximum atomic E-state index is 11.4. The minimum absolute atomic E-state index is 0. The molecule has 18 unspecified atom stereocenters. The number of aliphatic hydroxyl groups excluding tert-OH is 2. The molecule has 0 spiro atoms. The van der Waals surface area contributed by atoms with Crippen LogP contribution in [0.25, 0.3) is 0 Å². The van der Waals surface area contributed by atoms with Crippen molar-refractivity contribution in [2.75, 3.05) is 0 Å². The fourth-order valence-corrected chi connectivity index (χ4v) is 12.0. The fourth-order valence-electron chi connectivity index (χ4n) is 12.0. The van der Waals surface area contributed by atoms with Crippen LogP contribution < -0.4 is 42.5 Å². The molecule has 5 heterocycles. The Kier molecular flexibility index (Phi) is 8.77. The summed E-state index contributed by atoms with van der Waals surface area (Å²) in [6, 6.07) is 0. The molecule has 9 aliphatic rings. The smallest absolute Gasteiger partial charge is 0.0858 e. The topological polar surface area (TPSA) is 137 Å². The average Bonchev–Trinajstić information content (AvgIpc) is 3.74. The number of nitrogens with one attached hydrogen (secondary N) is 8. The van der Waals surface area contributed by atoms with Crippen molar-refractivity contribution >= 4 is 0 Å². The van der Waals surface area contributed by atoms with Gasteiger partial charge in [-0.05, 0) is 92.8 Å². The Morgan fingerprint density at radius 2 is 0.605 bits per heavy atom. The molecule has 8 bridgehead atoms. The summed E-state index contributed by atoms with van der Waals surface area (Å²) in [5.74, 6) is 4.14. The Hall–Kier alpha value is 0.223. The molecule has 0 aromatic rings. The van der Waals surface area contributed by atoms with Crippen molar-refractivity contribution in [3.05, 3.63) is 0 Å². The van der Waals surface area contributed by atoms with Crippen LogP contribution in [-0.2, 0) is 19.5 Å². The van der Waals surface area contributed by atoms with Crippen LogP contribution >= 0.6 is 0 Å². The third-order valence-electron chi connectivity index (χ3n) is 14.0. The van der Waals surface area contributed by atoms with Gasteiger partial charge in [0.15, 0.2) is 0 Å². The first-order valence-corrected chi connectivity index (χ1v) is 18.1. The van der Waals surface area contributed by atoms with Crippen molar-refractivity contribution in [1.29, 1.82) is 0 Å². The van der Waals surface area contributed by atoms with E-state index >= 15 is 0 Å². The second kappa shape index (κ2) is 12.3. The van der Waals surface area contributed by atoms with Crippen molar-refractivity contribution < 1.29 is 29.7 Å². The average molecular weight is 686 g/mol. The SMILES string of the molecule is OC1CCC2C3NC4NC(NC5NC(NC6NC(NC(N3)C2C1O)C1CCCCC61)C1CCCCC51)C1CCCCC41.[Ru]. The number of rotatable bonds is 0. The summed E-state index contributed by atoms with van der Waals surface area (Å²) >= 11 is 0. The van der Waals surface area contributed by atoms with Crippen molar-refractivity contribution in [2.24, 2.45) is 47.3 Å². The molecule has 244 valence electrons. The van der Waals surface area contributed by atoms with Crippen LogP contribution in [0.5, 0.6) is 0 Å². The van der Waals surface area contributed by atoms with Crippen LogP contribution in [0.2, 0.25) is 0 Å². The molecule has 18 atom stereocenters. The largest absolute Gasteiger partial charge is 0.390 e. The van der Waals surface area contributed by atoms with Gasteiger partial charge in [0.25, 0.3) is 0 Å². The second-order valence-corrected chi connectivity index (χ2v) is 15.9. The van der Waals surface area contributed by atoms with Crippen LogP contribution in [-0.4, -0.2) is 71.7 Å². The van der Waals surface area contributed by atoms with Gasteiger partial charge in [-0.15, -0.1) is 0 Å². The van der Waals surface area contributed by atoms with Crippen LogP contribution in [0.3, 0.4) is 0 Å². The normalized spacial score (nSPS) is 57.6. The van der Waals surface area contributed by atoms with Crippen LogP contribution in [0, 0.1) is 47.3 Å². The third kappa shape index (κ3) is 5.24. The van der Waals surface area contributed by atoms with Crippen molar-refractivity contribution in [3.8, 4) is 0 Å². The standard InChI is InChI=1S/C32H56N8O2.Ru/c41-22-14-13-21-23(24(22)42)32-39-30-20-12-6-5-11-19(20)28(37-30)35-26-16-8-2-1-7-15(16)25(33-26)34-27-17-9-3-4-10-18(17)29(36-27)38-31(21)40-32;/h15-42H,1-14H2;. The monoisotopic (exact) mass is 686 g/mol. The minimum Gasteiger partial charge on any atom is -0.390 e. The summed E-state index contributed by atoms with van der Waals surface area (Å²) in [5.41, 5.74) is 0. The van der Waals surface area contributed by atoms with Crippen LogP contribution in [0.15, 0.2) is 0 Å². The van der Waals surface area contributed by atoms with Crippen molar-refractivity contribution in [2.45, 2.75) is 151 Å². The van der Waals surface area contributed by atoms with Crippen LogP contribution in [0.1, 0.15) is 89.9 Å². The van der Waals surface area contributed by atoms with Gasteiger partial charge in [-0.3, -0.25) is 42.5 Å². The Morgan fingerprint density at radius 1 is 0.326 bits per heavy atom. The molecule has 9 fully saturated rings. The summed E-state index contributed by atoms with van der Waals surface area (Å²) in [5, 5.41) is 54.9. The summed E-state index contributed by atoms with van der Waals surface area (Å²) < 4.78 is 0. The van der Waals surface area contributed by atoms with Gasteiger partial charge in [0.05, 0.1) is 61.5 Å². The molecule has 43 heavy (non-hydrogen) atoms. The molecule has 0 aromatic heterocycles. The zero-order valence-corrected chi connectivity index (χ0v) is 27.3. The molecule has 5 saturated heterocycles. The summed E-state index contributed by atoms with van der Waals surface area (Å²) in [6.45, 7) is 0. The molecular weight excluding hydrogens is 629 g/mol. The fraction of sp³-hybridized carbons (Fsp3) is 1.00. The molecule has 10 nitrogen and oxygen atoms in total. The maximum absolute atomic E-state index is 11.4. The predicted molar refractivity (Wildman–Crippen MR) is 160 cm³/mol. The van der Waals surface area contributed by atoms with Gasteiger partial charge in [-0.2, -0.15) is 0 Å². The van der Waals surface area contributed by atoms with E-state index in [4.69, 9.17) is 0 Å². The van der Waals surface area contributed by atoms with E-state index in [1.165, 1.54) is 77.0 Å². The van der Waals surface area contributed by atoms with Gasteiger partial charge in [0.1, 0.15) is 0 Å². The zero-order chi connectivity index (χ0) is 27.9. The molecule has 0 radical (unpaired) electrons. The molecule has 10 N–H and O–H groups in total. The number of hydrogen-bond donors (Lipinski definition) is 10. The second-order valence-electron chi connectivity index (χ2n) is 15.9. The summed E-state index contributed by atoms with van der Waals surface area (Å²) in [7, 11) is 0. The first kappa shape index (κ1) is 30.6. The molecule has 4 saturated carbocycles. The maximum Gasteiger partial charge on any atom is 0.0858 e. The minimum atomic E-state index is -0.698. The third-order valence-corrected chi connectivity index (χ3v) is 14.0. The summed E-state index contributed by atoms with van der Waals surface area (Å²) in [6.07, 6.45) is 17.9.